The predicted molar refractivity (Wildman–Crippen MR) is 75.8 cm³/mol. The number of ketones is 1. The first-order valence-corrected chi connectivity index (χ1v) is 6.82. The summed E-state index contributed by atoms with van der Waals surface area (Å²) in [7, 11) is 4.19. The summed E-state index contributed by atoms with van der Waals surface area (Å²) in [5, 5.41) is 1.47. The Hall–Kier alpha value is -2.41. The highest BCUT2D eigenvalue weighted by molar-refractivity contribution is 7.12. The highest BCUT2D eigenvalue weighted by Crippen LogP contribution is 2.26. The quantitative estimate of drug-likeness (QED) is 0.637. The van der Waals surface area contributed by atoms with E-state index in [0.717, 1.165) is 11.3 Å². The van der Waals surface area contributed by atoms with Crippen LogP contribution in [0.15, 0.2) is 23.8 Å². The maximum Gasteiger partial charge on any atom is 0.348 e. The molecular formula is C14H13NO5S. The average Bonchev–Trinajstić information content (AvgIpc) is 3.11. The Morgan fingerprint density at radius 1 is 1.14 bits per heavy atom. The highest BCUT2D eigenvalue weighted by Gasteiger charge is 2.28. The minimum atomic E-state index is -0.740. The van der Waals surface area contributed by atoms with Crippen LogP contribution in [0.1, 0.15) is 36.0 Å². The molecule has 21 heavy (non-hydrogen) atoms. The molecule has 0 saturated carbocycles. The summed E-state index contributed by atoms with van der Waals surface area (Å²) < 4.78 is 11.0. The first kappa shape index (κ1) is 15.0. The zero-order chi connectivity index (χ0) is 15.6. The second-order valence-electron chi connectivity index (χ2n) is 4.23. The zero-order valence-corrected chi connectivity index (χ0v) is 12.5. The molecule has 2 rings (SSSR count). The first-order valence-electron chi connectivity index (χ1n) is 5.94. The predicted octanol–water partition coefficient (Wildman–Crippen LogP) is 1.89. The van der Waals surface area contributed by atoms with Crippen LogP contribution in [0, 0.1) is 0 Å². The lowest BCUT2D eigenvalue weighted by atomic mass is 10.0. The summed E-state index contributed by atoms with van der Waals surface area (Å²) in [6.45, 7) is 0. The van der Waals surface area contributed by atoms with Crippen LogP contribution in [0.4, 0.5) is 0 Å². The molecule has 0 radical (unpaired) electrons. The van der Waals surface area contributed by atoms with Gasteiger partial charge in [-0.1, -0.05) is 0 Å². The molecular weight excluding hydrogens is 294 g/mol. The number of rotatable bonds is 4. The standard InChI is InChI=1S/C14H13NO5S/c1-15-5-4-8(6-15)11(16)9-7-21-12(14(18)20-3)10(9)13(17)19-2/h4-7H,1-3H3. The molecule has 0 saturated heterocycles. The summed E-state index contributed by atoms with van der Waals surface area (Å²) in [6, 6.07) is 1.64. The van der Waals surface area contributed by atoms with E-state index in [-0.39, 0.29) is 21.8 Å². The van der Waals surface area contributed by atoms with E-state index in [1.54, 1.807) is 30.1 Å². The fraction of sp³-hybridized carbons (Fsp3) is 0.214. The monoisotopic (exact) mass is 307 g/mol. The fourth-order valence-corrected chi connectivity index (χ4v) is 2.82. The Bertz CT molecular complexity index is 713. The number of methoxy groups -OCH3 is 2. The number of hydrogen-bond acceptors (Lipinski definition) is 6. The van der Waals surface area contributed by atoms with Gasteiger partial charge in [-0.15, -0.1) is 11.3 Å². The summed E-state index contributed by atoms with van der Waals surface area (Å²) in [6.07, 6.45) is 3.36. The Morgan fingerprint density at radius 2 is 1.81 bits per heavy atom. The number of carbonyl (C=O) groups is 3. The minimum Gasteiger partial charge on any atom is -0.465 e. The molecule has 2 aromatic rings. The maximum atomic E-state index is 12.5. The van der Waals surface area contributed by atoms with Crippen LogP contribution in [-0.2, 0) is 16.5 Å². The molecule has 0 bridgehead atoms. The van der Waals surface area contributed by atoms with Crippen molar-refractivity contribution >= 4 is 29.1 Å². The number of aryl methyl sites for hydroxylation is 1. The lowest BCUT2D eigenvalue weighted by Crippen LogP contribution is -2.13. The van der Waals surface area contributed by atoms with Crippen molar-refractivity contribution in [3.63, 3.8) is 0 Å². The lowest BCUT2D eigenvalue weighted by Gasteiger charge is -2.03. The van der Waals surface area contributed by atoms with Crippen molar-refractivity contribution < 1.29 is 23.9 Å². The molecule has 2 aromatic heterocycles. The topological polar surface area (TPSA) is 74.6 Å². The average molecular weight is 307 g/mol. The van der Waals surface area contributed by atoms with Gasteiger partial charge in [-0.25, -0.2) is 9.59 Å². The van der Waals surface area contributed by atoms with Gasteiger partial charge in [0.1, 0.15) is 4.88 Å². The van der Waals surface area contributed by atoms with Crippen LogP contribution in [0.3, 0.4) is 0 Å². The van der Waals surface area contributed by atoms with Crippen molar-refractivity contribution in [2.45, 2.75) is 0 Å². The van der Waals surface area contributed by atoms with Crippen LogP contribution < -0.4 is 0 Å². The van der Waals surface area contributed by atoms with Crippen LogP contribution in [0.25, 0.3) is 0 Å². The molecule has 0 aliphatic carbocycles. The molecule has 0 spiro atoms. The number of ether oxygens (including phenoxy) is 2. The van der Waals surface area contributed by atoms with E-state index >= 15 is 0 Å². The van der Waals surface area contributed by atoms with Crippen molar-refractivity contribution in [3.8, 4) is 0 Å². The van der Waals surface area contributed by atoms with Crippen LogP contribution >= 0.6 is 11.3 Å². The normalized spacial score (nSPS) is 10.2. The third kappa shape index (κ3) is 2.73. The smallest absolute Gasteiger partial charge is 0.348 e. The molecule has 7 heteroatoms. The molecule has 0 unspecified atom stereocenters. The van der Waals surface area contributed by atoms with E-state index in [1.165, 1.54) is 19.6 Å². The Labute approximate surface area is 124 Å². The van der Waals surface area contributed by atoms with Gasteiger partial charge in [-0.05, 0) is 6.07 Å². The molecule has 0 amide bonds. The van der Waals surface area contributed by atoms with Gasteiger partial charge in [0.2, 0.25) is 0 Å². The number of aromatic nitrogens is 1. The van der Waals surface area contributed by atoms with E-state index in [2.05, 4.69) is 9.47 Å². The Morgan fingerprint density at radius 3 is 2.33 bits per heavy atom. The first-order chi connectivity index (χ1) is 9.99. The van der Waals surface area contributed by atoms with E-state index in [0.29, 0.717) is 5.56 Å². The molecule has 110 valence electrons. The van der Waals surface area contributed by atoms with Gasteiger partial charge in [0.15, 0.2) is 5.78 Å². The van der Waals surface area contributed by atoms with E-state index in [1.807, 2.05) is 0 Å². The van der Waals surface area contributed by atoms with Gasteiger partial charge < -0.3 is 14.0 Å². The number of esters is 2. The largest absolute Gasteiger partial charge is 0.465 e. The van der Waals surface area contributed by atoms with Gasteiger partial charge >= 0.3 is 11.9 Å². The van der Waals surface area contributed by atoms with Gasteiger partial charge in [0.25, 0.3) is 0 Å². The van der Waals surface area contributed by atoms with Crippen molar-refractivity contribution in [2.75, 3.05) is 14.2 Å². The molecule has 0 atom stereocenters. The van der Waals surface area contributed by atoms with Crippen molar-refractivity contribution in [3.05, 3.63) is 45.4 Å². The van der Waals surface area contributed by atoms with Crippen LogP contribution in [0.5, 0.6) is 0 Å². The third-order valence-electron chi connectivity index (χ3n) is 2.89. The zero-order valence-electron chi connectivity index (χ0n) is 11.7. The van der Waals surface area contributed by atoms with E-state index in [4.69, 9.17) is 0 Å². The summed E-state index contributed by atoms with van der Waals surface area (Å²) >= 11 is 0.979. The Balaban J connectivity index is 2.53. The molecule has 0 aromatic carbocycles. The van der Waals surface area contributed by atoms with Crippen LogP contribution in [0.2, 0.25) is 0 Å². The number of nitrogens with zero attached hydrogens (tertiary/aromatic N) is 1. The molecule has 0 N–H and O–H groups in total. The highest BCUT2D eigenvalue weighted by atomic mass is 32.1. The summed E-state index contributed by atoms with van der Waals surface area (Å²) in [5.74, 6) is -1.76. The summed E-state index contributed by atoms with van der Waals surface area (Å²) in [5.41, 5.74) is 0.513. The second-order valence-corrected chi connectivity index (χ2v) is 5.11. The van der Waals surface area contributed by atoms with Gasteiger partial charge in [-0.2, -0.15) is 0 Å². The number of thiophene rings is 1. The van der Waals surface area contributed by atoms with Crippen molar-refractivity contribution in [1.29, 1.82) is 0 Å². The number of carbonyl (C=O) groups excluding carboxylic acids is 3. The lowest BCUT2D eigenvalue weighted by molar-refractivity contribution is 0.0558. The van der Waals surface area contributed by atoms with E-state index in [9.17, 15) is 14.4 Å². The Kier molecular flexibility index (Phi) is 4.23. The molecule has 0 aliphatic rings. The SMILES string of the molecule is COC(=O)c1scc(C(=O)c2ccn(C)c2)c1C(=O)OC. The minimum absolute atomic E-state index is 0.0526. The maximum absolute atomic E-state index is 12.5. The second kappa shape index (κ2) is 5.92. The van der Waals surface area contributed by atoms with Crippen LogP contribution in [-0.4, -0.2) is 36.5 Å². The van der Waals surface area contributed by atoms with E-state index < -0.39 is 11.9 Å². The molecule has 6 nitrogen and oxygen atoms in total. The van der Waals surface area contributed by atoms with Gasteiger partial charge in [0, 0.05) is 35.9 Å². The third-order valence-corrected chi connectivity index (χ3v) is 3.85. The van der Waals surface area contributed by atoms with Crippen molar-refractivity contribution in [1.82, 2.24) is 4.57 Å². The van der Waals surface area contributed by atoms with Gasteiger partial charge in [0.05, 0.1) is 19.8 Å². The molecule has 2 heterocycles. The van der Waals surface area contributed by atoms with Gasteiger partial charge in [-0.3, -0.25) is 4.79 Å². The number of hydrogen-bond donors (Lipinski definition) is 0. The fourth-order valence-electron chi connectivity index (χ4n) is 1.87. The summed E-state index contributed by atoms with van der Waals surface area (Å²) in [4.78, 5) is 36.1. The molecule has 0 fully saturated rings. The molecule has 0 aliphatic heterocycles. The van der Waals surface area contributed by atoms with Crippen molar-refractivity contribution in [2.24, 2.45) is 7.05 Å².